The number of carbonyl (C=O) groups excluding carboxylic acids is 1. The molecule has 4 rings (SSSR count). The van der Waals surface area contributed by atoms with Gasteiger partial charge in [0.15, 0.2) is 0 Å². The van der Waals surface area contributed by atoms with E-state index in [0.717, 1.165) is 56.1 Å². The molecular formula is C21H22Cl2FN3O. The number of nitrogens with zero attached hydrogens (tertiary/aromatic N) is 3. The smallest absolute Gasteiger partial charge is 0.228 e. The van der Waals surface area contributed by atoms with E-state index in [1.165, 1.54) is 12.1 Å². The number of hydrogen-bond acceptors (Lipinski definition) is 3. The van der Waals surface area contributed by atoms with Gasteiger partial charge in [0, 0.05) is 51.4 Å². The van der Waals surface area contributed by atoms with Crippen molar-refractivity contribution < 1.29 is 9.18 Å². The molecule has 1 saturated heterocycles. The molecule has 2 aromatic rings. The van der Waals surface area contributed by atoms with Crippen LogP contribution >= 0.6 is 23.2 Å². The van der Waals surface area contributed by atoms with Gasteiger partial charge in [-0.2, -0.15) is 0 Å². The monoisotopic (exact) mass is 421 g/mol. The maximum Gasteiger partial charge on any atom is 0.228 e. The Morgan fingerprint density at radius 2 is 1.79 bits per heavy atom. The minimum atomic E-state index is -0.245. The van der Waals surface area contributed by atoms with Gasteiger partial charge in [-0.3, -0.25) is 9.69 Å². The Morgan fingerprint density at radius 1 is 1.00 bits per heavy atom. The van der Waals surface area contributed by atoms with E-state index in [0.29, 0.717) is 23.0 Å². The molecule has 4 nitrogen and oxygen atoms in total. The Morgan fingerprint density at radius 3 is 2.57 bits per heavy atom. The van der Waals surface area contributed by atoms with Crippen molar-refractivity contribution in [2.24, 2.45) is 0 Å². The molecule has 0 atom stereocenters. The molecule has 0 spiro atoms. The molecular weight excluding hydrogens is 400 g/mol. The lowest BCUT2D eigenvalue weighted by molar-refractivity contribution is -0.118. The summed E-state index contributed by atoms with van der Waals surface area (Å²) in [5.74, 6) is -0.142. The van der Waals surface area contributed by atoms with Crippen LogP contribution in [0.4, 0.5) is 15.8 Å². The van der Waals surface area contributed by atoms with Gasteiger partial charge in [-0.25, -0.2) is 4.39 Å². The van der Waals surface area contributed by atoms with Crippen LogP contribution in [0.5, 0.6) is 0 Å². The highest BCUT2D eigenvalue weighted by Gasteiger charge is 2.26. The van der Waals surface area contributed by atoms with E-state index in [4.69, 9.17) is 23.2 Å². The average molecular weight is 422 g/mol. The molecule has 2 aliphatic rings. The summed E-state index contributed by atoms with van der Waals surface area (Å²) in [5.41, 5.74) is 2.73. The molecule has 28 heavy (non-hydrogen) atoms. The highest BCUT2D eigenvalue weighted by Crippen LogP contribution is 2.33. The first-order chi connectivity index (χ1) is 13.5. The molecule has 1 fully saturated rings. The zero-order valence-electron chi connectivity index (χ0n) is 15.5. The number of carbonyl (C=O) groups is 1. The lowest BCUT2D eigenvalue weighted by Gasteiger charge is -2.36. The van der Waals surface area contributed by atoms with Crippen molar-refractivity contribution in [3.8, 4) is 0 Å². The van der Waals surface area contributed by atoms with Gasteiger partial charge in [-0.05, 0) is 42.3 Å². The first kappa shape index (κ1) is 19.5. The number of rotatable bonds is 4. The van der Waals surface area contributed by atoms with Crippen LogP contribution in [-0.2, 0) is 11.2 Å². The van der Waals surface area contributed by atoms with Gasteiger partial charge in [0.25, 0.3) is 0 Å². The van der Waals surface area contributed by atoms with Gasteiger partial charge in [0.05, 0.1) is 15.7 Å². The largest absolute Gasteiger partial charge is 0.368 e. The van der Waals surface area contributed by atoms with Crippen molar-refractivity contribution in [3.63, 3.8) is 0 Å². The molecule has 0 aromatic heterocycles. The van der Waals surface area contributed by atoms with Gasteiger partial charge in [-0.15, -0.1) is 0 Å². The van der Waals surface area contributed by atoms with Crippen molar-refractivity contribution >= 4 is 40.5 Å². The van der Waals surface area contributed by atoms with E-state index in [1.54, 1.807) is 17.0 Å². The fraction of sp³-hybridized carbons (Fsp3) is 0.381. The minimum Gasteiger partial charge on any atom is -0.368 e. The highest BCUT2D eigenvalue weighted by atomic mass is 35.5. The molecule has 0 N–H and O–H groups in total. The molecule has 2 aliphatic heterocycles. The van der Waals surface area contributed by atoms with E-state index in [-0.39, 0.29) is 11.7 Å². The van der Waals surface area contributed by atoms with Crippen molar-refractivity contribution in [3.05, 3.63) is 57.8 Å². The van der Waals surface area contributed by atoms with Gasteiger partial charge in [0.2, 0.25) is 5.91 Å². The maximum absolute atomic E-state index is 13.4. The summed E-state index contributed by atoms with van der Waals surface area (Å²) >= 11 is 12.4. The van der Waals surface area contributed by atoms with Crippen LogP contribution in [-0.4, -0.2) is 50.1 Å². The van der Waals surface area contributed by atoms with Crippen LogP contribution in [0.25, 0.3) is 0 Å². The standard InChI is InChI=1S/C21H22Cl2FN3O/c22-17-2-1-3-19(21(17)23)26-12-10-25(11-13-26)8-7-20(28)27-9-6-15-14-16(24)4-5-18(15)27/h1-5,14H,6-13H2. The minimum absolute atomic E-state index is 0.102. The van der Waals surface area contributed by atoms with Crippen LogP contribution < -0.4 is 9.80 Å². The summed E-state index contributed by atoms with van der Waals surface area (Å²) < 4.78 is 13.4. The predicted octanol–water partition coefficient (Wildman–Crippen LogP) is 4.23. The molecule has 0 aliphatic carbocycles. The van der Waals surface area contributed by atoms with E-state index in [1.807, 2.05) is 12.1 Å². The summed E-state index contributed by atoms with van der Waals surface area (Å²) in [5, 5.41) is 1.16. The summed E-state index contributed by atoms with van der Waals surface area (Å²) in [6.45, 7) is 4.80. The van der Waals surface area contributed by atoms with E-state index in [9.17, 15) is 9.18 Å². The molecule has 7 heteroatoms. The third kappa shape index (κ3) is 3.97. The van der Waals surface area contributed by atoms with Crippen LogP contribution in [0.1, 0.15) is 12.0 Å². The van der Waals surface area contributed by atoms with E-state index >= 15 is 0 Å². The highest BCUT2D eigenvalue weighted by molar-refractivity contribution is 6.43. The molecule has 0 unspecified atom stereocenters. The Labute approximate surface area is 174 Å². The second-order valence-corrected chi connectivity index (χ2v) is 8.01. The topological polar surface area (TPSA) is 26.8 Å². The van der Waals surface area contributed by atoms with E-state index < -0.39 is 0 Å². The van der Waals surface area contributed by atoms with Gasteiger partial charge in [0.1, 0.15) is 5.82 Å². The Kier molecular flexibility index (Phi) is 5.76. The van der Waals surface area contributed by atoms with Gasteiger partial charge < -0.3 is 9.80 Å². The number of amides is 1. The van der Waals surface area contributed by atoms with Crippen molar-refractivity contribution in [2.75, 3.05) is 49.1 Å². The fourth-order valence-corrected chi connectivity index (χ4v) is 4.38. The average Bonchev–Trinajstić information content (AvgIpc) is 3.12. The first-order valence-corrected chi connectivity index (χ1v) is 10.3. The van der Waals surface area contributed by atoms with Crippen LogP contribution in [0.2, 0.25) is 10.0 Å². The second-order valence-electron chi connectivity index (χ2n) is 7.22. The van der Waals surface area contributed by atoms with Gasteiger partial charge in [-0.1, -0.05) is 29.3 Å². The summed E-state index contributed by atoms with van der Waals surface area (Å²) in [6, 6.07) is 10.4. The molecule has 2 heterocycles. The lowest BCUT2D eigenvalue weighted by Crippen LogP contribution is -2.47. The zero-order valence-corrected chi connectivity index (χ0v) is 17.0. The molecule has 2 aromatic carbocycles. The quantitative estimate of drug-likeness (QED) is 0.738. The summed E-state index contributed by atoms with van der Waals surface area (Å²) in [7, 11) is 0. The van der Waals surface area contributed by atoms with Crippen molar-refractivity contribution in [2.45, 2.75) is 12.8 Å². The number of benzene rings is 2. The maximum atomic E-state index is 13.4. The van der Waals surface area contributed by atoms with Crippen molar-refractivity contribution in [1.29, 1.82) is 0 Å². The molecule has 0 saturated carbocycles. The third-order valence-electron chi connectivity index (χ3n) is 5.52. The SMILES string of the molecule is O=C(CCN1CCN(c2cccc(Cl)c2Cl)CC1)N1CCc2cc(F)ccc21. The van der Waals surface area contributed by atoms with E-state index in [2.05, 4.69) is 9.80 Å². The molecule has 0 bridgehead atoms. The van der Waals surface area contributed by atoms with Crippen LogP contribution in [0.15, 0.2) is 36.4 Å². The Hall–Kier alpha value is -1.82. The van der Waals surface area contributed by atoms with Crippen LogP contribution in [0, 0.1) is 5.82 Å². The number of piperazine rings is 1. The molecule has 148 valence electrons. The Balaban J connectivity index is 1.29. The Bertz CT molecular complexity index is 884. The van der Waals surface area contributed by atoms with Crippen molar-refractivity contribution in [1.82, 2.24) is 4.90 Å². The van der Waals surface area contributed by atoms with Crippen LogP contribution in [0.3, 0.4) is 0 Å². The first-order valence-electron chi connectivity index (χ1n) is 9.53. The normalized spacial score (nSPS) is 17.1. The molecule has 1 amide bonds. The number of halogens is 3. The third-order valence-corrected chi connectivity index (χ3v) is 6.33. The number of fused-ring (bicyclic) bond motifs is 1. The number of anilines is 2. The lowest BCUT2D eigenvalue weighted by atomic mass is 10.1. The summed E-state index contributed by atoms with van der Waals surface area (Å²) in [4.78, 5) is 19.0. The van der Waals surface area contributed by atoms with Gasteiger partial charge >= 0.3 is 0 Å². The number of hydrogen-bond donors (Lipinski definition) is 0. The zero-order chi connectivity index (χ0) is 19.7. The summed E-state index contributed by atoms with van der Waals surface area (Å²) in [6.07, 6.45) is 1.19. The second kappa shape index (κ2) is 8.27. The fourth-order valence-electron chi connectivity index (χ4n) is 3.97. The predicted molar refractivity (Wildman–Crippen MR) is 112 cm³/mol. The molecule has 0 radical (unpaired) electrons.